The number of benzene rings is 1. The molecule has 2 saturated heterocycles. The molecule has 0 saturated carbocycles. The zero-order valence-corrected chi connectivity index (χ0v) is 25.8. The maximum absolute atomic E-state index is 14.4. The Labute approximate surface area is 254 Å². The fourth-order valence-electron chi connectivity index (χ4n) is 6.71. The first-order valence-electron chi connectivity index (χ1n) is 14.5. The van der Waals surface area contributed by atoms with E-state index in [4.69, 9.17) is 9.47 Å². The highest BCUT2D eigenvalue weighted by Gasteiger charge is 2.75. The molecule has 0 unspecified atom stereocenters. The fraction of sp³-hybridized carbons (Fsp3) is 0.548. The number of allylic oxidation sites excluding steroid dienone is 1. The molecule has 0 aromatic heterocycles. The number of esters is 1. The molecule has 4 heterocycles. The summed E-state index contributed by atoms with van der Waals surface area (Å²) < 4.78 is 13.2. The van der Waals surface area contributed by atoms with Crippen molar-refractivity contribution in [2.75, 3.05) is 13.2 Å². The first kappa shape index (κ1) is 30.4. The van der Waals surface area contributed by atoms with Crippen LogP contribution in [0.3, 0.4) is 0 Å². The van der Waals surface area contributed by atoms with Crippen LogP contribution in [0.1, 0.15) is 52.2 Å². The second kappa shape index (κ2) is 11.9. The van der Waals surface area contributed by atoms with Gasteiger partial charge in [0.15, 0.2) is 0 Å². The molecule has 5 rings (SSSR count). The van der Waals surface area contributed by atoms with Crippen LogP contribution in [0.4, 0.5) is 0 Å². The highest BCUT2D eigenvalue weighted by Crippen LogP contribution is 2.59. The molecule has 0 radical (unpaired) electrons. The lowest BCUT2D eigenvalue weighted by Crippen LogP contribution is -2.59. The van der Waals surface area contributed by atoms with Crippen LogP contribution >= 0.6 is 15.9 Å². The van der Waals surface area contributed by atoms with E-state index in [-0.39, 0.29) is 37.4 Å². The van der Waals surface area contributed by atoms with Gasteiger partial charge in [0.2, 0.25) is 17.7 Å². The van der Waals surface area contributed by atoms with E-state index >= 15 is 0 Å². The predicted molar refractivity (Wildman–Crippen MR) is 157 cm³/mol. The third kappa shape index (κ3) is 5.09. The number of nitrogens with zero attached hydrogens (tertiary/aromatic N) is 2. The Balaban J connectivity index is 1.62. The quantitative estimate of drug-likeness (QED) is 0.382. The van der Waals surface area contributed by atoms with E-state index in [1.807, 2.05) is 56.3 Å². The molecule has 2 fully saturated rings. The summed E-state index contributed by atoms with van der Waals surface area (Å²) in [5.74, 6) is -3.69. The number of hydrogen-bond donors (Lipinski definition) is 2. The highest BCUT2D eigenvalue weighted by atomic mass is 79.9. The minimum atomic E-state index is -1.42. The molecule has 10 nitrogen and oxygen atoms in total. The number of amides is 3. The molecule has 4 aliphatic rings. The molecule has 11 heteroatoms. The van der Waals surface area contributed by atoms with E-state index in [0.29, 0.717) is 16.5 Å². The molecule has 1 aromatic carbocycles. The Bertz CT molecular complexity index is 1300. The summed E-state index contributed by atoms with van der Waals surface area (Å²) >= 11 is 3.55. The van der Waals surface area contributed by atoms with Crippen molar-refractivity contribution in [3.63, 3.8) is 0 Å². The Hall–Kier alpha value is -3.02. The Morgan fingerprint density at radius 1 is 1.07 bits per heavy atom. The van der Waals surface area contributed by atoms with E-state index in [2.05, 4.69) is 21.2 Å². The SMILES string of the molecule is CC(C)N1C/C=C\CCC(=O)N[C@@H](C)[C@H](c2ccccc2)OC(=O)[C@H]2[C@@H]3O[C@@]4(C=C3Br)[C@@H]2C(=O)N([C@H](C)CO)[C@@H]4C1=O. The van der Waals surface area contributed by atoms with Crippen molar-refractivity contribution in [1.82, 2.24) is 15.1 Å². The van der Waals surface area contributed by atoms with Gasteiger partial charge in [-0.15, -0.1) is 0 Å². The fourth-order valence-corrected chi connectivity index (χ4v) is 7.44. The van der Waals surface area contributed by atoms with Gasteiger partial charge in [-0.3, -0.25) is 19.2 Å². The molecule has 1 aromatic rings. The number of aliphatic hydroxyl groups is 1. The maximum Gasteiger partial charge on any atom is 0.313 e. The van der Waals surface area contributed by atoms with E-state index < -0.39 is 59.6 Å². The van der Waals surface area contributed by atoms with Crippen molar-refractivity contribution in [1.29, 1.82) is 0 Å². The minimum Gasteiger partial charge on any atom is -0.455 e. The second-order valence-electron chi connectivity index (χ2n) is 11.8. The van der Waals surface area contributed by atoms with Gasteiger partial charge in [0.25, 0.3) is 0 Å². The van der Waals surface area contributed by atoms with E-state index in [1.165, 1.54) is 4.90 Å². The van der Waals surface area contributed by atoms with Crippen LogP contribution in [0.2, 0.25) is 0 Å². The lowest BCUT2D eigenvalue weighted by atomic mass is 9.74. The monoisotopic (exact) mass is 643 g/mol. The topological polar surface area (TPSA) is 125 Å². The van der Waals surface area contributed by atoms with E-state index in [0.717, 1.165) is 0 Å². The summed E-state index contributed by atoms with van der Waals surface area (Å²) in [4.78, 5) is 58.5. The summed E-state index contributed by atoms with van der Waals surface area (Å²) in [6.45, 7) is 7.13. The Kier molecular flexibility index (Phi) is 8.65. The molecular weight excluding hydrogens is 606 g/mol. The first-order valence-corrected chi connectivity index (χ1v) is 15.3. The number of nitrogens with one attached hydrogen (secondary N) is 1. The average Bonchev–Trinajstić information content (AvgIpc) is 3.55. The summed E-state index contributed by atoms with van der Waals surface area (Å²) in [5, 5.41) is 13.1. The van der Waals surface area contributed by atoms with Crippen molar-refractivity contribution in [2.24, 2.45) is 11.8 Å². The third-order valence-electron chi connectivity index (χ3n) is 8.74. The number of hydrogen-bond acceptors (Lipinski definition) is 7. The van der Waals surface area contributed by atoms with Gasteiger partial charge in [-0.25, -0.2) is 0 Å². The van der Waals surface area contributed by atoms with E-state index in [1.54, 1.807) is 24.8 Å². The van der Waals surface area contributed by atoms with Crippen molar-refractivity contribution in [2.45, 2.75) is 82.5 Å². The molecule has 42 heavy (non-hydrogen) atoms. The number of likely N-dealkylation sites (tertiary alicyclic amines) is 1. The third-order valence-corrected chi connectivity index (χ3v) is 9.42. The van der Waals surface area contributed by atoms with Crippen molar-refractivity contribution in [3.8, 4) is 0 Å². The van der Waals surface area contributed by atoms with Crippen molar-refractivity contribution >= 4 is 39.6 Å². The zero-order chi connectivity index (χ0) is 30.3. The number of carbonyl (C=O) groups is 4. The summed E-state index contributed by atoms with van der Waals surface area (Å²) in [7, 11) is 0. The average molecular weight is 645 g/mol. The maximum atomic E-state index is 14.4. The molecular formula is C31H38BrN3O7. The Morgan fingerprint density at radius 3 is 2.45 bits per heavy atom. The minimum absolute atomic E-state index is 0.194. The zero-order valence-electron chi connectivity index (χ0n) is 24.2. The largest absolute Gasteiger partial charge is 0.455 e. The van der Waals surface area contributed by atoms with Gasteiger partial charge in [-0.2, -0.15) is 0 Å². The Morgan fingerprint density at radius 2 is 1.79 bits per heavy atom. The van der Waals surface area contributed by atoms with Crippen LogP contribution < -0.4 is 5.32 Å². The predicted octanol–water partition coefficient (Wildman–Crippen LogP) is 2.62. The van der Waals surface area contributed by atoms with Crippen LogP contribution in [0.5, 0.6) is 0 Å². The molecule has 1 spiro atoms. The number of ether oxygens (including phenoxy) is 2. The van der Waals surface area contributed by atoms with Crippen molar-refractivity contribution < 1.29 is 33.8 Å². The van der Waals surface area contributed by atoms with Gasteiger partial charge in [0.05, 0.1) is 24.6 Å². The van der Waals surface area contributed by atoms with Crippen LogP contribution in [0.15, 0.2) is 53.0 Å². The summed E-state index contributed by atoms with van der Waals surface area (Å²) in [6.07, 6.45) is 4.49. The van der Waals surface area contributed by atoms with Gasteiger partial charge in [0.1, 0.15) is 29.8 Å². The van der Waals surface area contributed by atoms with Crippen molar-refractivity contribution in [3.05, 3.63) is 58.6 Å². The number of fused-ring (bicyclic) bond motifs is 2. The molecule has 4 aliphatic heterocycles. The second-order valence-corrected chi connectivity index (χ2v) is 12.7. The van der Waals surface area contributed by atoms with Gasteiger partial charge in [-0.1, -0.05) is 58.4 Å². The molecule has 226 valence electrons. The lowest BCUT2D eigenvalue weighted by molar-refractivity contribution is -0.162. The molecule has 3 amide bonds. The number of aliphatic hydroxyl groups excluding tert-OH is 1. The lowest BCUT2D eigenvalue weighted by Gasteiger charge is -2.39. The smallest absolute Gasteiger partial charge is 0.313 e. The highest BCUT2D eigenvalue weighted by molar-refractivity contribution is 9.11. The van der Waals surface area contributed by atoms with Gasteiger partial charge < -0.3 is 29.7 Å². The molecule has 8 atom stereocenters. The van der Waals surface area contributed by atoms with Crippen LogP contribution in [0.25, 0.3) is 0 Å². The van der Waals surface area contributed by atoms with Crippen LogP contribution in [-0.4, -0.2) is 87.6 Å². The molecule has 0 aliphatic carbocycles. The summed E-state index contributed by atoms with van der Waals surface area (Å²) in [5.41, 5.74) is -0.726. The van der Waals surface area contributed by atoms with Gasteiger partial charge in [-0.05, 0) is 45.8 Å². The van der Waals surface area contributed by atoms with Gasteiger partial charge >= 0.3 is 5.97 Å². The summed E-state index contributed by atoms with van der Waals surface area (Å²) in [6, 6.07) is 6.57. The first-order chi connectivity index (χ1) is 20.0. The molecule has 5 bridgehead atoms. The van der Waals surface area contributed by atoms with Crippen LogP contribution in [-0.2, 0) is 28.7 Å². The van der Waals surface area contributed by atoms with Crippen LogP contribution in [0, 0.1) is 11.8 Å². The number of rotatable bonds is 4. The normalized spacial score (nSPS) is 35.2. The van der Waals surface area contributed by atoms with Gasteiger partial charge in [0, 0.05) is 23.5 Å². The van der Waals surface area contributed by atoms with E-state index in [9.17, 15) is 24.3 Å². The number of cyclic esters (lactones) is 1. The number of carbonyl (C=O) groups excluding carboxylic acids is 4. The molecule has 2 N–H and O–H groups in total. The standard InChI is InChI=1S/C31H38BrN3O7/c1-17(2)34-14-10-6-9-13-22(37)33-19(4)25(20-11-7-5-8-12-20)41-30(40)23-24-28(38)35(18(3)16-36)27(29(34)39)31(24)15-21(32)26(23)42-31/h5-8,10-12,15,17-19,23-27,36H,9,13-14,16H2,1-4H3,(H,33,37)/b10-6-/t18-,19+,23-,24+,25-,26-,27-,31+/m1/s1. The number of halogens is 1.